The monoisotopic (exact) mass is 395 g/mol. The predicted octanol–water partition coefficient (Wildman–Crippen LogP) is 4.65. The quantitative estimate of drug-likeness (QED) is 0.511. The molecule has 0 bridgehead atoms. The molecular weight excluding hydrogens is 378 g/mol. The number of aryl methyl sites for hydroxylation is 1. The van der Waals surface area contributed by atoms with Gasteiger partial charge >= 0.3 is 5.69 Å². The summed E-state index contributed by atoms with van der Waals surface area (Å²) in [7, 11) is 0. The van der Waals surface area contributed by atoms with Crippen molar-refractivity contribution in [2.75, 3.05) is 16.8 Å². The normalized spacial score (nSPS) is 13.1. The first kappa shape index (κ1) is 18.2. The van der Waals surface area contributed by atoms with Gasteiger partial charge in [0.05, 0.1) is 4.92 Å². The van der Waals surface area contributed by atoms with Gasteiger partial charge in [0.1, 0.15) is 6.33 Å². The molecule has 0 aliphatic carbocycles. The van der Waals surface area contributed by atoms with Gasteiger partial charge in [0.25, 0.3) is 0 Å². The molecule has 1 aliphatic heterocycles. The van der Waals surface area contributed by atoms with Crippen LogP contribution in [0, 0.1) is 17.0 Å². The lowest BCUT2D eigenvalue weighted by atomic mass is 10.00. The number of hydrogen-bond acceptors (Lipinski definition) is 6. The topological polar surface area (TPSA) is 84.2 Å². The number of aromatic nitrogens is 2. The molecule has 0 radical (unpaired) electrons. The molecule has 3 aromatic rings. The molecular formula is C20H18ClN5O2. The maximum atomic E-state index is 11.9. The van der Waals surface area contributed by atoms with Crippen molar-refractivity contribution in [1.29, 1.82) is 0 Å². The zero-order valence-electron chi connectivity index (χ0n) is 15.2. The third-order valence-electron chi connectivity index (χ3n) is 4.86. The number of benzene rings is 2. The summed E-state index contributed by atoms with van der Waals surface area (Å²) in [5, 5.41) is 15.6. The molecule has 0 atom stereocenters. The zero-order valence-corrected chi connectivity index (χ0v) is 16.0. The summed E-state index contributed by atoms with van der Waals surface area (Å²) in [6, 6.07) is 13.4. The van der Waals surface area contributed by atoms with Gasteiger partial charge in [0.2, 0.25) is 11.6 Å². The minimum Gasteiger partial charge on any atom is -0.346 e. The van der Waals surface area contributed by atoms with Crippen molar-refractivity contribution in [3.63, 3.8) is 0 Å². The molecule has 8 heteroatoms. The van der Waals surface area contributed by atoms with Crippen LogP contribution in [0.5, 0.6) is 0 Å². The third kappa shape index (κ3) is 3.48. The van der Waals surface area contributed by atoms with Gasteiger partial charge in [0, 0.05) is 23.8 Å². The summed E-state index contributed by atoms with van der Waals surface area (Å²) in [6.45, 7) is 3.12. The molecule has 1 N–H and O–H groups in total. The minimum absolute atomic E-state index is 0.128. The second-order valence-corrected chi connectivity index (χ2v) is 7.11. The zero-order chi connectivity index (χ0) is 19.7. The molecule has 1 aliphatic rings. The minimum atomic E-state index is -0.427. The first-order valence-corrected chi connectivity index (χ1v) is 9.25. The summed E-state index contributed by atoms with van der Waals surface area (Å²) < 4.78 is 0. The molecule has 2 heterocycles. The number of rotatable bonds is 4. The summed E-state index contributed by atoms with van der Waals surface area (Å²) in [6.07, 6.45) is 2.17. The second kappa shape index (κ2) is 7.44. The number of halogens is 1. The van der Waals surface area contributed by atoms with Gasteiger partial charge in [-0.25, -0.2) is 9.97 Å². The molecule has 0 fully saturated rings. The van der Waals surface area contributed by atoms with Crippen LogP contribution in [0.4, 0.5) is 23.0 Å². The highest BCUT2D eigenvalue weighted by atomic mass is 35.5. The Balaban J connectivity index is 1.71. The first-order chi connectivity index (χ1) is 13.5. The fourth-order valence-electron chi connectivity index (χ4n) is 3.43. The molecule has 28 heavy (non-hydrogen) atoms. The molecule has 7 nitrogen and oxygen atoms in total. The number of nitrogens with zero attached hydrogens (tertiary/aromatic N) is 4. The van der Waals surface area contributed by atoms with Crippen molar-refractivity contribution in [1.82, 2.24) is 9.97 Å². The largest absolute Gasteiger partial charge is 0.353 e. The summed E-state index contributed by atoms with van der Waals surface area (Å²) in [5.74, 6) is 0.489. The van der Waals surface area contributed by atoms with E-state index in [1.54, 1.807) is 18.2 Å². The molecule has 0 spiro atoms. The van der Waals surface area contributed by atoms with Gasteiger partial charge in [-0.3, -0.25) is 10.1 Å². The van der Waals surface area contributed by atoms with E-state index in [9.17, 15) is 10.1 Å². The number of anilines is 3. The number of nitrogens with one attached hydrogen (secondary N) is 1. The van der Waals surface area contributed by atoms with Gasteiger partial charge in [-0.1, -0.05) is 35.9 Å². The fraction of sp³-hybridized carbons (Fsp3) is 0.200. The summed E-state index contributed by atoms with van der Waals surface area (Å²) in [5.41, 5.74) is 3.88. The molecule has 0 amide bonds. The van der Waals surface area contributed by atoms with Crippen LogP contribution in [-0.4, -0.2) is 21.4 Å². The first-order valence-electron chi connectivity index (χ1n) is 8.87. The molecule has 142 valence electrons. The Labute approximate surface area is 167 Å². The van der Waals surface area contributed by atoms with Crippen LogP contribution in [-0.2, 0) is 13.0 Å². The van der Waals surface area contributed by atoms with Crippen LogP contribution in [0.25, 0.3) is 0 Å². The fourth-order valence-corrected chi connectivity index (χ4v) is 3.66. The Bertz CT molecular complexity index is 1060. The lowest BCUT2D eigenvalue weighted by molar-refractivity contribution is -0.383. The number of fused-ring (bicyclic) bond motifs is 1. The molecule has 0 saturated heterocycles. The molecule has 4 rings (SSSR count). The van der Waals surface area contributed by atoms with E-state index in [4.69, 9.17) is 11.6 Å². The number of nitro groups is 1. The van der Waals surface area contributed by atoms with Crippen molar-refractivity contribution >= 4 is 34.6 Å². The van der Waals surface area contributed by atoms with Crippen molar-refractivity contribution in [2.24, 2.45) is 0 Å². The predicted molar refractivity (Wildman–Crippen MR) is 109 cm³/mol. The Morgan fingerprint density at radius 3 is 2.71 bits per heavy atom. The molecule has 2 aromatic carbocycles. The van der Waals surface area contributed by atoms with Crippen molar-refractivity contribution < 1.29 is 4.92 Å². The Morgan fingerprint density at radius 2 is 1.96 bits per heavy atom. The van der Waals surface area contributed by atoms with Gasteiger partial charge in [-0.2, -0.15) is 0 Å². The van der Waals surface area contributed by atoms with E-state index in [1.807, 2.05) is 30.0 Å². The van der Waals surface area contributed by atoms with E-state index in [0.29, 0.717) is 29.6 Å². The molecule has 0 unspecified atom stereocenters. The van der Waals surface area contributed by atoms with Crippen LogP contribution >= 0.6 is 11.6 Å². The molecule has 1 aromatic heterocycles. The summed E-state index contributed by atoms with van der Waals surface area (Å²) >= 11 is 6.00. The van der Waals surface area contributed by atoms with Crippen LogP contribution in [0.3, 0.4) is 0 Å². The van der Waals surface area contributed by atoms with E-state index >= 15 is 0 Å². The van der Waals surface area contributed by atoms with E-state index in [-0.39, 0.29) is 11.5 Å². The number of hydrogen-bond donors (Lipinski definition) is 1. The Morgan fingerprint density at radius 1 is 1.18 bits per heavy atom. The average Bonchev–Trinajstić information content (AvgIpc) is 2.69. The Hall–Kier alpha value is -3.19. The van der Waals surface area contributed by atoms with Crippen LogP contribution in [0.1, 0.15) is 16.7 Å². The highest BCUT2D eigenvalue weighted by molar-refractivity contribution is 6.30. The van der Waals surface area contributed by atoms with Crippen molar-refractivity contribution in [3.05, 3.63) is 80.6 Å². The van der Waals surface area contributed by atoms with E-state index in [2.05, 4.69) is 21.4 Å². The van der Waals surface area contributed by atoms with Crippen molar-refractivity contribution in [3.8, 4) is 0 Å². The van der Waals surface area contributed by atoms with E-state index in [0.717, 1.165) is 17.5 Å². The third-order valence-corrected chi connectivity index (χ3v) is 5.09. The van der Waals surface area contributed by atoms with E-state index < -0.39 is 4.92 Å². The van der Waals surface area contributed by atoms with Gasteiger partial charge in [-0.05, 0) is 48.2 Å². The van der Waals surface area contributed by atoms with Gasteiger partial charge < -0.3 is 10.2 Å². The maximum absolute atomic E-state index is 11.9. The second-order valence-electron chi connectivity index (χ2n) is 6.68. The highest BCUT2D eigenvalue weighted by Crippen LogP contribution is 2.36. The summed E-state index contributed by atoms with van der Waals surface area (Å²) in [4.78, 5) is 21.8. The van der Waals surface area contributed by atoms with Crippen LogP contribution < -0.4 is 10.2 Å². The standard InChI is InChI=1S/C20H18ClN5O2/c1-13-10-16(21)6-7-17(13)24-19-18(26(27)28)20(23-12-22-19)25-9-8-14-4-2-3-5-15(14)11-25/h2-7,10,12H,8-9,11H2,1H3,(H,22,23,24). The van der Waals surface area contributed by atoms with E-state index in [1.165, 1.54) is 11.9 Å². The highest BCUT2D eigenvalue weighted by Gasteiger charge is 2.29. The lowest BCUT2D eigenvalue weighted by Gasteiger charge is -2.29. The van der Waals surface area contributed by atoms with Crippen LogP contribution in [0.15, 0.2) is 48.8 Å². The lowest BCUT2D eigenvalue weighted by Crippen LogP contribution is -2.31. The molecule has 0 saturated carbocycles. The van der Waals surface area contributed by atoms with Crippen LogP contribution in [0.2, 0.25) is 5.02 Å². The SMILES string of the molecule is Cc1cc(Cl)ccc1Nc1ncnc(N2CCc3ccccc3C2)c1[N+](=O)[O-]. The average molecular weight is 396 g/mol. The smallest absolute Gasteiger partial charge is 0.346 e. The van der Waals surface area contributed by atoms with Crippen molar-refractivity contribution in [2.45, 2.75) is 19.9 Å². The van der Waals surface area contributed by atoms with Gasteiger partial charge in [0.15, 0.2) is 0 Å². The maximum Gasteiger partial charge on any atom is 0.353 e. The Kier molecular flexibility index (Phi) is 4.83. The van der Waals surface area contributed by atoms with Gasteiger partial charge in [-0.15, -0.1) is 0 Å².